The number of piperazine rings is 1. The van der Waals surface area contributed by atoms with Crippen LogP contribution in [0.5, 0.6) is 0 Å². The minimum Gasteiger partial charge on any atom is -0.396 e. The lowest BCUT2D eigenvalue weighted by molar-refractivity contribution is -0.133. The third-order valence-electron chi connectivity index (χ3n) is 3.66. The summed E-state index contributed by atoms with van der Waals surface area (Å²) in [6.07, 6.45) is 0.912. The van der Waals surface area contributed by atoms with Gasteiger partial charge < -0.3 is 10.0 Å². The molecule has 1 fully saturated rings. The van der Waals surface area contributed by atoms with Crippen molar-refractivity contribution in [3.8, 4) is 0 Å². The molecule has 0 radical (unpaired) electrons. The third-order valence-corrected chi connectivity index (χ3v) is 3.66. The Balaban J connectivity index is 1.94. The number of aliphatic hydroxyl groups is 1. The average molecular weight is 268 g/mol. The Morgan fingerprint density at radius 3 is 2.89 bits per heavy atom. The highest BCUT2D eigenvalue weighted by Gasteiger charge is 2.27. The number of carbonyl (C=O) groups excluding carboxylic acids is 1. The van der Waals surface area contributed by atoms with Crippen molar-refractivity contribution >= 4 is 5.91 Å². The molecule has 7 heteroatoms. The highest BCUT2D eigenvalue weighted by Crippen LogP contribution is 2.13. The Labute approximate surface area is 112 Å². The summed E-state index contributed by atoms with van der Waals surface area (Å²) in [7, 11) is 2.02. The van der Waals surface area contributed by atoms with Crippen LogP contribution in [-0.4, -0.2) is 70.5 Å². The van der Waals surface area contributed by atoms with Gasteiger partial charge in [-0.15, -0.1) is 0 Å². The zero-order valence-electron chi connectivity index (χ0n) is 11.4. The Bertz CT molecular complexity index is 434. The molecule has 1 atom stereocenters. The van der Waals surface area contributed by atoms with Gasteiger partial charge in [-0.1, -0.05) is 10.3 Å². The summed E-state index contributed by atoms with van der Waals surface area (Å²) in [5.41, 5.74) is 1.26. The lowest BCUT2D eigenvalue weighted by Crippen LogP contribution is -2.53. The molecule has 0 aromatic carbocycles. The molecular weight excluding hydrogens is 248 g/mol. The zero-order valence-corrected chi connectivity index (χ0v) is 11.4. The molecule has 1 aromatic heterocycles. The normalized spacial score (nSPS) is 20.8. The fourth-order valence-electron chi connectivity index (χ4n) is 2.30. The van der Waals surface area contributed by atoms with Crippen LogP contribution in [0, 0.1) is 6.92 Å². The lowest BCUT2D eigenvalue weighted by atomic mass is 10.1. The van der Waals surface area contributed by atoms with E-state index in [2.05, 4.69) is 19.8 Å². The number of carbonyl (C=O) groups is 1. The Hall–Kier alpha value is -1.47. The van der Waals surface area contributed by atoms with Gasteiger partial charge in [0.2, 0.25) is 5.91 Å². The Morgan fingerprint density at radius 1 is 1.47 bits per heavy atom. The summed E-state index contributed by atoms with van der Waals surface area (Å²) >= 11 is 0. The summed E-state index contributed by atoms with van der Waals surface area (Å²) < 4.78 is 4.60. The summed E-state index contributed by atoms with van der Waals surface area (Å²) in [5.74, 6) is 0.0369. The topological polar surface area (TPSA) is 82.7 Å². The zero-order chi connectivity index (χ0) is 13.8. The quantitative estimate of drug-likeness (QED) is 0.788. The van der Waals surface area contributed by atoms with Crippen LogP contribution in [0.25, 0.3) is 0 Å². The van der Waals surface area contributed by atoms with Crippen LogP contribution in [0.1, 0.15) is 17.8 Å². The SMILES string of the molecule is Cc1nonc1CC(=O)N1CCN(C)[C@@H](CCO)C1. The molecule has 2 heterocycles. The van der Waals surface area contributed by atoms with Gasteiger partial charge in [0, 0.05) is 32.3 Å². The van der Waals surface area contributed by atoms with Crippen molar-refractivity contribution in [1.29, 1.82) is 0 Å². The van der Waals surface area contributed by atoms with Gasteiger partial charge in [0.1, 0.15) is 11.4 Å². The third kappa shape index (κ3) is 3.30. The number of aliphatic hydroxyl groups excluding tert-OH is 1. The van der Waals surface area contributed by atoms with E-state index in [1.165, 1.54) is 0 Å². The van der Waals surface area contributed by atoms with Crippen LogP contribution in [0.15, 0.2) is 4.63 Å². The second-order valence-corrected chi connectivity index (χ2v) is 4.96. The van der Waals surface area contributed by atoms with Gasteiger partial charge in [0.05, 0.1) is 6.42 Å². The molecule has 0 unspecified atom stereocenters. The van der Waals surface area contributed by atoms with Crippen LogP contribution in [-0.2, 0) is 11.2 Å². The molecule has 0 saturated carbocycles. The van der Waals surface area contributed by atoms with Crippen LogP contribution in [0.2, 0.25) is 0 Å². The van der Waals surface area contributed by atoms with Crippen molar-refractivity contribution in [2.24, 2.45) is 0 Å². The minimum atomic E-state index is 0.0369. The van der Waals surface area contributed by atoms with E-state index in [4.69, 9.17) is 5.11 Å². The van der Waals surface area contributed by atoms with Crippen molar-refractivity contribution in [2.75, 3.05) is 33.3 Å². The van der Waals surface area contributed by atoms with Gasteiger partial charge in [-0.2, -0.15) is 0 Å². The molecule has 106 valence electrons. The molecule has 19 heavy (non-hydrogen) atoms. The van der Waals surface area contributed by atoms with E-state index < -0.39 is 0 Å². The van der Waals surface area contributed by atoms with Gasteiger partial charge in [-0.05, 0) is 20.4 Å². The largest absolute Gasteiger partial charge is 0.396 e. The fourth-order valence-corrected chi connectivity index (χ4v) is 2.30. The highest BCUT2D eigenvalue weighted by atomic mass is 16.6. The molecule has 0 aliphatic carbocycles. The van der Waals surface area contributed by atoms with Crippen LogP contribution in [0.4, 0.5) is 0 Å². The molecule has 0 spiro atoms. The number of nitrogens with zero attached hydrogens (tertiary/aromatic N) is 4. The Morgan fingerprint density at radius 2 is 2.26 bits per heavy atom. The molecule has 1 amide bonds. The van der Waals surface area contributed by atoms with Gasteiger partial charge in [0.25, 0.3) is 0 Å². The van der Waals surface area contributed by atoms with Gasteiger partial charge in [-0.25, -0.2) is 4.63 Å². The van der Waals surface area contributed by atoms with Crippen molar-refractivity contribution in [3.63, 3.8) is 0 Å². The molecule has 0 bridgehead atoms. The smallest absolute Gasteiger partial charge is 0.228 e. The highest BCUT2D eigenvalue weighted by molar-refractivity contribution is 5.78. The van der Waals surface area contributed by atoms with Crippen molar-refractivity contribution in [1.82, 2.24) is 20.1 Å². The number of hydrogen-bond acceptors (Lipinski definition) is 6. The van der Waals surface area contributed by atoms with E-state index in [1.807, 2.05) is 11.9 Å². The van der Waals surface area contributed by atoms with E-state index in [-0.39, 0.29) is 25.0 Å². The maximum absolute atomic E-state index is 12.2. The Kier molecular flexibility index (Phi) is 4.49. The molecule has 2 rings (SSSR count). The predicted molar refractivity (Wildman–Crippen MR) is 67.4 cm³/mol. The molecule has 1 saturated heterocycles. The first-order valence-corrected chi connectivity index (χ1v) is 6.48. The molecule has 1 aromatic rings. The van der Waals surface area contributed by atoms with E-state index in [0.29, 0.717) is 30.9 Å². The van der Waals surface area contributed by atoms with Crippen molar-refractivity contribution in [3.05, 3.63) is 11.4 Å². The maximum Gasteiger partial charge on any atom is 0.228 e. The molecule has 1 aliphatic rings. The van der Waals surface area contributed by atoms with Crippen LogP contribution in [0.3, 0.4) is 0 Å². The monoisotopic (exact) mass is 268 g/mol. The van der Waals surface area contributed by atoms with E-state index in [1.54, 1.807) is 6.92 Å². The summed E-state index contributed by atoms with van der Waals surface area (Å²) in [6.45, 7) is 4.11. The minimum absolute atomic E-state index is 0.0369. The van der Waals surface area contributed by atoms with Gasteiger partial charge in [-0.3, -0.25) is 9.69 Å². The van der Waals surface area contributed by atoms with Gasteiger partial charge in [0.15, 0.2) is 0 Å². The first kappa shape index (κ1) is 14.0. The van der Waals surface area contributed by atoms with Crippen LogP contribution >= 0.6 is 0 Å². The number of amides is 1. The van der Waals surface area contributed by atoms with E-state index in [0.717, 1.165) is 6.54 Å². The molecule has 1 N–H and O–H groups in total. The first-order valence-electron chi connectivity index (χ1n) is 6.48. The summed E-state index contributed by atoms with van der Waals surface area (Å²) in [6, 6.07) is 0.222. The molecule has 7 nitrogen and oxygen atoms in total. The fraction of sp³-hybridized carbons (Fsp3) is 0.750. The lowest BCUT2D eigenvalue weighted by Gasteiger charge is -2.39. The number of likely N-dealkylation sites (N-methyl/N-ethyl adjacent to an activating group) is 1. The second kappa shape index (κ2) is 6.12. The van der Waals surface area contributed by atoms with Crippen molar-refractivity contribution in [2.45, 2.75) is 25.8 Å². The van der Waals surface area contributed by atoms with Gasteiger partial charge >= 0.3 is 0 Å². The summed E-state index contributed by atoms with van der Waals surface area (Å²) in [4.78, 5) is 16.2. The van der Waals surface area contributed by atoms with E-state index >= 15 is 0 Å². The van der Waals surface area contributed by atoms with Crippen LogP contribution < -0.4 is 0 Å². The number of hydrogen-bond donors (Lipinski definition) is 1. The molecule has 1 aliphatic heterocycles. The molecular formula is C12H20N4O3. The second-order valence-electron chi connectivity index (χ2n) is 4.96. The average Bonchev–Trinajstić information content (AvgIpc) is 2.78. The summed E-state index contributed by atoms with van der Waals surface area (Å²) in [5, 5.41) is 16.5. The number of aryl methyl sites for hydroxylation is 1. The number of rotatable bonds is 4. The number of aromatic nitrogens is 2. The van der Waals surface area contributed by atoms with Crippen molar-refractivity contribution < 1.29 is 14.5 Å². The maximum atomic E-state index is 12.2. The van der Waals surface area contributed by atoms with E-state index in [9.17, 15) is 4.79 Å². The first-order chi connectivity index (χ1) is 9.11. The standard InChI is InChI=1S/C12H20N4O3/c1-9-11(14-19-13-9)7-12(18)16-5-4-15(2)10(8-16)3-6-17/h10,17H,3-8H2,1-2H3/t10-/m0/s1. The predicted octanol–water partition coefficient (Wildman–Crippen LogP) is -0.554.